The summed E-state index contributed by atoms with van der Waals surface area (Å²) in [6, 6.07) is 7.53. The van der Waals surface area contributed by atoms with Gasteiger partial charge in [0.05, 0.1) is 20.4 Å². The molecule has 0 saturated heterocycles. The standard InChI is InChI=1S/C12H9BrCl3NS/c1-6(8-5-11(15)18-12(8)16)17-10-4-7(14)2-3-9(10)13/h2-6,17H,1H3. The summed E-state index contributed by atoms with van der Waals surface area (Å²) in [7, 11) is 0. The van der Waals surface area contributed by atoms with E-state index in [1.54, 1.807) is 0 Å². The number of hydrogen-bond acceptors (Lipinski definition) is 2. The van der Waals surface area contributed by atoms with Crippen LogP contribution in [0.2, 0.25) is 13.7 Å². The predicted molar refractivity (Wildman–Crippen MR) is 85.5 cm³/mol. The molecule has 1 heterocycles. The first-order valence-electron chi connectivity index (χ1n) is 5.13. The molecule has 2 rings (SSSR count). The zero-order valence-corrected chi connectivity index (χ0v) is 14.0. The lowest BCUT2D eigenvalue weighted by Gasteiger charge is -2.16. The van der Waals surface area contributed by atoms with Gasteiger partial charge in [-0.05, 0) is 47.1 Å². The van der Waals surface area contributed by atoms with Crippen molar-refractivity contribution in [3.63, 3.8) is 0 Å². The molecule has 1 atom stereocenters. The molecule has 1 N–H and O–H groups in total. The summed E-state index contributed by atoms with van der Waals surface area (Å²) in [5, 5.41) is 4.04. The quantitative estimate of drug-likeness (QED) is 0.624. The highest BCUT2D eigenvalue weighted by Gasteiger charge is 2.14. The van der Waals surface area contributed by atoms with Crippen molar-refractivity contribution in [1.82, 2.24) is 0 Å². The summed E-state index contributed by atoms with van der Waals surface area (Å²) in [4.78, 5) is 0. The molecule has 0 aliphatic rings. The Hall–Kier alpha value is 0.0700. The summed E-state index contributed by atoms with van der Waals surface area (Å²) >= 11 is 22.9. The monoisotopic (exact) mass is 383 g/mol. The van der Waals surface area contributed by atoms with Crippen LogP contribution in [0.5, 0.6) is 0 Å². The van der Waals surface area contributed by atoms with E-state index in [2.05, 4.69) is 21.2 Å². The molecule has 0 aliphatic heterocycles. The number of halogens is 4. The van der Waals surface area contributed by atoms with E-state index in [4.69, 9.17) is 34.8 Å². The molecule has 1 aromatic carbocycles. The van der Waals surface area contributed by atoms with Crippen LogP contribution < -0.4 is 5.32 Å². The van der Waals surface area contributed by atoms with Crippen LogP contribution in [0.4, 0.5) is 5.69 Å². The number of anilines is 1. The van der Waals surface area contributed by atoms with Crippen molar-refractivity contribution in [3.05, 3.63) is 48.0 Å². The van der Waals surface area contributed by atoms with E-state index in [1.165, 1.54) is 11.3 Å². The normalized spacial score (nSPS) is 12.5. The maximum Gasteiger partial charge on any atom is 0.0996 e. The molecule has 0 fully saturated rings. The van der Waals surface area contributed by atoms with Gasteiger partial charge in [-0.25, -0.2) is 0 Å². The molecule has 1 unspecified atom stereocenters. The van der Waals surface area contributed by atoms with Crippen LogP contribution in [-0.4, -0.2) is 0 Å². The van der Waals surface area contributed by atoms with Crippen LogP contribution in [-0.2, 0) is 0 Å². The van der Waals surface area contributed by atoms with Crippen LogP contribution in [0.15, 0.2) is 28.7 Å². The molecule has 1 nitrogen and oxygen atoms in total. The molecule has 0 bridgehead atoms. The topological polar surface area (TPSA) is 12.0 Å². The Labute approximate surface area is 133 Å². The molecule has 96 valence electrons. The third-order valence-corrected chi connectivity index (χ3v) is 4.89. The van der Waals surface area contributed by atoms with E-state index in [9.17, 15) is 0 Å². The van der Waals surface area contributed by atoms with Gasteiger partial charge in [0.15, 0.2) is 0 Å². The van der Waals surface area contributed by atoms with Crippen LogP contribution in [0.1, 0.15) is 18.5 Å². The second kappa shape index (κ2) is 6.02. The van der Waals surface area contributed by atoms with Gasteiger partial charge in [0.2, 0.25) is 0 Å². The highest BCUT2D eigenvalue weighted by Crippen LogP contribution is 2.37. The SMILES string of the molecule is CC(Nc1cc(Cl)ccc1Br)c1cc(Cl)sc1Cl. The smallest absolute Gasteiger partial charge is 0.0996 e. The Morgan fingerprint density at radius 2 is 1.94 bits per heavy atom. The van der Waals surface area contributed by atoms with Gasteiger partial charge in [0, 0.05) is 15.1 Å². The van der Waals surface area contributed by atoms with Crippen LogP contribution in [0.25, 0.3) is 0 Å². The second-order valence-corrected chi connectivity index (χ2v) is 7.35. The Morgan fingerprint density at radius 1 is 1.22 bits per heavy atom. The number of nitrogens with one attached hydrogen (secondary N) is 1. The van der Waals surface area contributed by atoms with Gasteiger partial charge in [-0.1, -0.05) is 34.8 Å². The first kappa shape index (κ1) is 14.5. The largest absolute Gasteiger partial charge is 0.377 e. The van der Waals surface area contributed by atoms with Gasteiger partial charge < -0.3 is 5.32 Å². The molecule has 2 aromatic rings. The first-order valence-corrected chi connectivity index (χ1v) is 7.88. The highest BCUT2D eigenvalue weighted by atomic mass is 79.9. The van der Waals surface area contributed by atoms with Crippen LogP contribution >= 0.6 is 62.1 Å². The fraction of sp³-hybridized carbons (Fsp3) is 0.167. The third-order valence-electron chi connectivity index (χ3n) is 2.45. The molecule has 0 saturated carbocycles. The van der Waals surface area contributed by atoms with E-state index in [0.717, 1.165) is 15.7 Å². The minimum atomic E-state index is 0.0519. The minimum absolute atomic E-state index is 0.0519. The Bertz CT molecular complexity index is 570. The van der Waals surface area contributed by atoms with Crippen molar-refractivity contribution in [2.75, 3.05) is 5.32 Å². The molecule has 0 aliphatic carbocycles. The fourth-order valence-electron chi connectivity index (χ4n) is 1.57. The molecular formula is C12H9BrCl3NS. The zero-order chi connectivity index (χ0) is 13.3. The summed E-state index contributed by atoms with van der Waals surface area (Å²) in [6.07, 6.45) is 0. The second-order valence-electron chi connectivity index (χ2n) is 3.77. The fourth-order valence-corrected chi connectivity index (χ4v) is 3.75. The Morgan fingerprint density at radius 3 is 2.56 bits per heavy atom. The van der Waals surface area contributed by atoms with E-state index in [0.29, 0.717) is 13.7 Å². The van der Waals surface area contributed by atoms with Gasteiger partial charge in [-0.3, -0.25) is 0 Å². The molecule has 0 amide bonds. The predicted octanol–water partition coefficient (Wildman–Crippen LogP) is 6.64. The lowest BCUT2D eigenvalue weighted by molar-refractivity contribution is 0.889. The average molecular weight is 386 g/mol. The Balaban J connectivity index is 2.23. The summed E-state index contributed by atoms with van der Waals surface area (Å²) in [5.74, 6) is 0. The summed E-state index contributed by atoms with van der Waals surface area (Å²) in [6.45, 7) is 2.03. The number of thiophene rings is 1. The van der Waals surface area contributed by atoms with Gasteiger partial charge in [-0.2, -0.15) is 0 Å². The van der Waals surface area contributed by atoms with Gasteiger partial charge in [-0.15, -0.1) is 11.3 Å². The Kier molecular flexibility index (Phi) is 4.84. The van der Waals surface area contributed by atoms with E-state index in [-0.39, 0.29) is 6.04 Å². The van der Waals surface area contributed by atoms with Crippen molar-refractivity contribution >= 4 is 67.8 Å². The lowest BCUT2D eigenvalue weighted by Crippen LogP contribution is -2.06. The van der Waals surface area contributed by atoms with Crippen LogP contribution in [0, 0.1) is 0 Å². The van der Waals surface area contributed by atoms with E-state index < -0.39 is 0 Å². The van der Waals surface area contributed by atoms with Crippen molar-refractivity contribution in [3.8, 4) is 0 Å². The maximum atomic E-state index is 6.13. The summed E-state index contributed by atoms with van der Waals surface area (Å²) < 4.78 is 2.35. The minimum Gasteiger partial charge on any atom is -0.377 e. The van der Waals surface area contributed by atoms with E-state index in [1.807, 2.05) is 31.2 Å². The van der Waals surface area contributed by atoms with E-state index >= 15 is 0 Å². The number of benzene rings is 1. The third kappa shape index (κ3) is 3.34. The van der Waals surface area contributed by atoms with Crippen molar-refractivity contribution in [2.24, 2.45) is 0 Å². The molecule has 18 heavy (non-hydrogen) atoms. The number of hydrogen-bond donors (Lipinski definition) is 1. The molecule has 1 aromatic heterocycles. The first-order chi connectivity index (χ1) is 8.47. The average Bonchev–Trinajstić information content (AvgIpc) is 2.63. The van der Waals surface area contributed by atoms with Crippen molar-refractivity contribution < 1.29 is 0 Å². The molecule has 0 spiro atoms. The molecule has 6 heteroatoms. The van der Waals surface area contributed by atoms with Gasteiger partial charge in [0.25, 0.3) is 0 Å². The number of rotatable bonds is 3. The lowest BCUT2D eigenvalue weighted by atomic mass is 10.1. The molecular weight excluding hydrogens is 376 g/mol. The maximum absolute atomic E-state index is 6.13. The van der Waals surface area contributed by atoms with Gasteiger partial charge in [0.1, 0.15) is 0 Å². The molecule has 0 radical (unpaired) electrons. The van der Waals surface area contributed by atoms with Gasteiger partial charge >= 0.3 is 0 Å². The zero-order valence-electron chi connectivity index (χ0n) is 9.31. The van der Waals surface area contributed by atoms with Crippen molar-refractivity contribution in [1.29, 1.82) is 0 Å². The summed E-state index contributed by atoms with van der Waals surface area (Å²) in [5.41, 5.74) is 1.91. The van der Waals surface area contributed by atoms with Crippen LogP contribution in [0.3, 0.4) is 0 Å². The highest BCUT2D eigenvalue weighted by molar-refractivity contribution is 9.10. The van der Waals surface area contributed by atoms with Crippen molar-refractivity contribution in [2.45, 2.75) is 13.0 Å².